The number of halogens is 1. The maximum absolute atomic E-state index is 12.9. The molecule has 0 saturated carbocycles. The lowest BCUT2D eigenvalue weighted by atomic mass is 10.1. The fraction of sp³-hybridized carbons (Fsp3) is 0.174. The number of sulfonamides is 1. The Morgan fingerprint density at radius 3 is 2.85 bits per heavy atom. The normalized spacial score (nSPS) is 16.6. The van der Waals surface area contributed by atoms with Crippen LogP contribution >= 0.6 is 22.9 Å². The standard InChI is InChI=1S/C23H19ClN4O3S2/c24-22-19-10-15(3-4-16(19)5-8-26-22)13-28-9-6-20(23(28)29)27-33(30,31)21-11-18(14-32-21)17-2-1-7-25-12-17/h1-5,7-8,10-12,14,20,27H,6,9,13H2/t20-/m0/s1. The number of nitrogens with one attached hydrogen (secondary N) is 1. The average molecular weight is 499 g/mol. The highest BCUT2D eigenvalue weighted by Crippen LogP contribution is 2.29. The molecule has 1 atom stereocenters. The summed E-state index contributed by atoms with van der Waals surface area (Å²) in [6.45, 7) is 0.846. The SMILES string of the molecule is O=C1[C@@H](NS(=O)(=O)c2cc(-c3cccnc3)cs2)CCN1Cc1ccc2ccnc(Cl)c2c1. The van der Waals surface area contributed by atoms with Gasteiger partial charge in [-0.2, -0.15) is 4.72 Å². The molecule has 10 heteroatoms. The maximum atomic E-state index is 12.9. The van der Waals surface area contributed by atoms with Gasteiger partial charge in [-0.25, -0.2) is 13.4 Å². The molecule has 1 N–H and O–H groups in total. The Morgan fingerprint density at radius 2 is 2.03 bits per heavy atom. The van der Waals surface area contributed by atoms with E-state index in [4.69, 9.17) is 11.6 Å². The van der Waals surface area contributed by atoms with Gasteiger partial charge in [0.05, 0.1) is 0 Å². The van der Waals surface area contributed by atoms with E-state index in [2.05, 4.69) is 14.7 Å². The van der Waals surface area contributed by atoms with Crippen molar-refractivity contribution in [1.82, 2.24) is 19.6 Å². The molecule has 3 aromatic heterocycles. The number of benzene rings is 1. The average Bonchev–Trinajstić information content (AvgIpc) is 3.44. The van der Waals surface area contributed by atoms with E-state index in [-0.39, 0.29) is 10.1 Å². The minimum absolute atomic E-state index is 0.171. The molecule has 0 unspecified atom stereocenters. The number of carbonyl (C=O) groups excluding carboxylic acids is 1. The molecule has 168 valence electrons. The highest BCUT2D eigenvalue weighted by atomic mass is 35.5. The predicted octanol–water partition coefficient (Wildman–Crippen LogP) is 4.09. The van der Waals surface area contributed by atoms with Crippen molar-refractivity contribution in [1.29, 1.82) is 0 Å². The number of aromatic nitrogens is 2. The summed E-state index contributed by atoms with van der Waals surface area (Å²) in [5, 5.41) is 3.98. The summed E-state index contributed by atoms with van der Waals surface area (Å²) in [7, 11) is -3.82. The van der Waals surface area contributed by atoms with Crippen molar-refractivity contribution in [2.75, 3.05) is 6.54 Å². The second kappa shape index (κ2) is 8.83. The number of pyridine rings is 2. The number of nitrogens with zero attached hydrogens (tertiary/aromatic N) is 3. The molecular formula is C23H19ClN4O3S2. The molecule has 1 aromatic carbocycles. The van der Waals surface area contributed by atoms with Gasteiger partial charge in [-0.1, -0.05) is 29.8 Å². The molecule has 0 spiro atoms. The van der Waals surface area contributed by atoms with Gasteiger partial charge in [0.15, 0.2) is 0 Å². The molecular weight excluding hydrogens is 480 g/mol. The van der Waals surface area contributed by atoms with Crippen LogP contribution in [0, 0.1) is 0 Å². The van der Waals surface area contributed by atoms with Crippen LogP contribution in [0.25, 0.3) is 21.9 Å². The predicted molar refractivity (Wildman–Crippen MR) is 128 cm³/mol. The number of rotatable bonds is 6. The first-order valence-corrected chi connectivity index (χ1v) is 13.0. The van der Waals surface area contributed by atoms with Crippen LogP contribution in [0.3, 0.4) is 0 Å². The van der Waals surface area contributed by atoms with Gasteiger partial charge in [-0.05, 0) is 47.2 Å². The van der Waals surface area contributed by atoms with Crippen molar-refractivity contribution in [3.8, 4) is 11.1 Å². The van der Waals surface area contributed by atoms with E-state index in [0.29, 0.717) is 24.7 Å². The van der Waals surface area contributed by atoms with Crippen LogP contribution in [-0.4, -0.2) is 41.8 Å². The molecule has 1 amide bonds. The Balaban J connectivity index is 1.28. The summed E-state index contributed by atoms with van der Waals surface area (Å²) in [6, 6.07) is 12.2. The summed E-state index contributed by atoms with van der Waals surface area (Å²) in [6.07, 6.45) is 5.41. The van der Waals surface area contributed by atoms with Gasteiger partial charge in [-0.3, -0.25) is 9.78 Å². The van der Waals surface area contributed by atoms with E-state index in [0.717, 1.165) is 38.8 Å². The van der Waals surface area contributed by atoms with Gasteiger partial charge in [0.1, 0.15) is 15.4 Å². The molecule has 33 heavy (non-hydrogen) atoms. The van der Waals surface area contributed by atoms with Crippen molar-refractivity contribution in [3.63, 3.8) is 0 Å². The highest BCUT2D eigenvalue weighted by molar-refractivity contribution is 7.91. The van der Waals surface area contributed by atoms with E-state index in [1.807, 2.05) is 30.3 Å². The van der Waals surface area contributed by atoms with E-state index < -0.39 is 16.1 Å². The number of likely N-dealkylation sites (tertiary alicyclic amines) is 1. The Kier molecular flexibility index (Phi) is 5.88. The number of carbonyl (C=O) groups is 1. The molecule has 1 aliphatic rings. The van der Waals surface area contributed by atoms with Gasteiger partial charge in [0.25, 0.3) is 10.0 Å². The van der Waals surface area contributed by atoms with Crippen LogP contribution in [-0.2, 0) is 21.4 Å². The summed E-state index contributed by atoms with van der Waals surface area (Å²) in [5.74, 6) is -0.236. The second-order valence-electron chi connectivity index (χ2n) is 7.78. The molecule has 5 rings (SSSR count). The largest absolute Gasteiger partial charge is 0.337 e. The van der Waals surface area contributed by atoms with E-state index >= 15 is 0 Å². The van der Waals surface area contributed by atoms with Crippen molar-refractivity contribution in [2.24, 2.45) is 0 Å². The zero-order valence-electron chi connectivity index (χ0n) is 17.3. The lowest BCUT2D eigenvalue weighted by Gasteiger charge is -2.17. The Bertz CT molecular complexity index is 1440. The van der Waals surface area contributed by atoms with Gasteiger partial charge in [-0.15, -0.1) is 11.3 Å². The second-order valence-corrected chi connectivity index (χ2v) is 11.0. The first-order valence-electron chi connectivity index (χ1n) is 10.2. The molecule has 1 aliphatic heterocycles. The Morgan fingerprint density at radius 1 is 1.15 bits per heavy atom. The van der Waals surface area contributed by atoms with Gasteiger partial charge in [0.2, 0.25) is 5.91 Å². The summed E-state index contributed by atoms with van der Waals surface area (Å²) < 4.78 is 28.6. The van der Waals surface area contributed by atoms with Crippen LogP contribution < -0.4 is 4.72 Å². The summed E-state index contributed by atoms with van der Waals surface area (Å²) >= 11 is 7.32. The third-order valence-electron chi connectivity index (χ3n) is 5.59. The van der Waals surface area contributed by atoms with Crippen molar-refractivity contribution in [3.05, 3.63) is 77.2 Å². The summed E-state index contributed by atoms with van der Waals surface area (Å²) in [4.78, 5) is 22.8. The van der Waals surface area contributed by atoms with Crippen LogP contribution in [0.4, 0.5) is 0 Å². The van der Waals surface area contributed by atoms with Crippen molar-refractivity contribution < 1.29 is 13.2 Å². The monoisotopic (exact) mass is 498 g/mol. The van der Waals surface area contributed by atoms with E-state index in [1.54, 1.807) is 41.0 Å². The van der Waals surface area contributed by atoms with E-state index in [1.165, 1.54) is 0 Å². The van der Waals surface area contributed by atoms with Crippen LogP contribution in [0.1, 0.15) is 12.0 Å². The quantitative estimate of drug-likeness (QED) is 0.404. The molecule has 4 heterocycles. The highest BCUT2D eigenvalue weighted by Gasteiger charge is 2.35. The summed E-state index contributed by atoms with van der Waals surface area (Å²) in [5.41, 5.74) is 2.52. The smallest absolute Gasteiger partial charge is 0.250 e. The molecule has 1 saturated heterocycles. The van der Waals surface area contributed by atoms with Crippen LogP contribution in [0.2, 0.25) is 5.15 Å². The molecule has 7 nitrogen and oxygen atoms in total. The fourth-order valence-electron chi connectivity index (χ4n) is 3.89. The molecule has 0 aliphatic carbocycles. The Labute approximate surface area is 200 Å². The van der Waals surface area contributed by atoms with Crippen LogP contribution in [0.15, 0.2) is 70.6 Å². The third-order valence-corrected chi connectivity index (χ3v) is 8.80. The van der Waals surface area contributed by atoms with Gasteiger partial charge in [0, 0.05) is 48.0 Å². The number of hydrogen-bond donors (Lipinski definition) is 1. The number of thiophene rings is 1. The first-order chi connectivity index (χ1) is 15.9. The molecule has 0 radical (unpaired) electrons. The Hall–Kier alpha value is -2.85. The molecule has 4 aromatic rings. The third kappa shape index (κ3) is 4.49. The number of fused-ring (bicyclic) bond motifs is 1. The lowest BCUT2D eigenvalue weighted by Crippen LogP contribution is -2.41. The van der Waals surface area contributed by atoms with Crippen molar-refractivity contribution in [2.45, 2.75) is 23.2 Å². The lowest BCUT2D eigenvalue weighted by molar-refractivity contribution is -0.129. The minimum atomic E-state index is -3.82. The van der Waals surface area contributed by atoms with Crippen molar-refractivity contribution >= 4 is 49.6 Å². The molecule has 1 fully saturated rings. The van der Waals surface area contributed by atoms with Gasteiger partial charge >= 0.3 is 0 Å². The van der Waals surface area contributed by atoms with E-state index in [9.17, 15) is 13.2 Å². The molecule has 0 bridgehead atoms. The number of amides is 1. The zero-order valence-corrected chi connectivity index (χ0v) is 19.7. The maximum Gasteiger partial charge on any atom is 0.250 e. The van der Waals surface area contributed by atoms with Gasteiger partial charge < -0.3 is 4.90 Å². The minimum Gasteiger partial charge on any atom is -0.337 e. The number of hydrogen-bond acceptors (Lipinski definition) is 6. The fourth-order valence-corrected chi connectivity index (χ4v) is 6.54. The first kappa shape index (κ1) is 22.0. The van der Waals surface area contributed by atoms with Crippen LogP contribution in [0.5, 0.6) is 0 Å². The topological polar surface area (TPSA) is 92.3 Å². The zero-order chi connectivity index (χ0) is 23.0.